The van der Waals surface area contributed by atoms with Crippen molar-refractivity contribution in [1.29, 1.82) is 5.26 Å². The quantitative estimate of drug-likeness (QED) is 0.681. The summed E-state index contributed by atoms with van der Waals surface area (Å²) in [6, 6.07) is 2.33. The molecular formula is C12H22N2O. The Morgan fingerprint density at radius 1 is 1.53 bits per heavy atom. The zero-order valence-electron chi connectivity index (χ0n) is 9.88. The maximum atomic E-state index is 8.84. The Labute approximate surface area is 92.8 Å². The van der Waals surface area contributed by atoms with Gasteiger partial charge in [0.1, 0.15) is 0 Å². The molecule has 0 aromatic heterocycles. The van der Waals surface area contributed by atoms with Gasteiger partial charge < -0.3 is 10.1 Å². The van der Waals surface area contributed by atoms with E-state index in [0.717, 1.165) is 39.1 Å². The predicted octanol–water partition coefficient (Wildman–Crippen LogP) is 1.94. The molecule has 0 aromatic carbocycles. The molecule has 0 amide bonds. The number of nitrogens with one attached hydrogen (secondary N) is 1. The van der Waals surface area contributed by atoms with Crippen molar-refractivity contribution >= 4 is 0 Å². The van der Waals surface area contributed by atoms with Crippen LogP contribution in [0.2, 0.25) is 0 Å². The summed E-state index contributed by atoms with van der Waals surface area (Å²) in [5, 5.41) is 12.3. The molecule has 0 aliphatic carbocycles. The van der Waals surface area contributed by atoms with Crippen LogP contribution >= 0.6 is 0 Å². The minimum absolute atomic E-state index is 0.169. The number of nitriles is 1. The van der Waals surface area contributed by atoms with Crippen molar-refractivity contribution in [2.45, 2.75) is 33.1 Å². The monoisotopic (exact) mass is 210 g/mol. The van der Waals surface area contributed by atoms with E-state index in [9.17, 15) is 0 Å². The molecular weight excluding hydrogens is 188 g/mol. The Hall–Kier alpha value is -0.590. The van der Waals surface area contributed by atoms with Crippen molar-refractivity contribution in [3.63, 3.8) is 0 Å². The van der Waals surface area contributed by atoms with Gasteiger partial charge in [0.2, 0.25) is 0 Å². The second kappa shape index (κ2) is 6.09. The maximum Gasteiger partial charge on any atom is 0.0683 e. The molecule has 1 N–H and O–H groups in total. The first-order valence-corrected chi connectivity index (χ1v) is 5.84. The Bertz CT molecular complexity index is 214. The lowest BCUT2D eigenvalue weighted by Gasteiger charge is -2.15. The molecule has 1 aliphatic heterocycles. The fraction of sp³-hybridized carbons (Fsp3) is 0.917. The SMILES string of the molecule is CC(C)(C#N)CCCNCC1CCOC1. The largest absolute Gasteiger partial charge is 0.381 e. The highest BCUT2D eigenvalue weighted by atomic mass is 16.5. The predicted molar refractivity (Wildman–Crippen MR) is 60.4 cm³/mol. The average molecular weight is 210 g/mol. The zero-order valence-corrected chi connectivity index (χ0v) is 9.88. The van der Waals surface area contributed by atoms with Gasteiger partial charge in [-0.15, -0.1) is 0 Å². The summed E-state index contributed by atoms with van der Waals surface area (Å²) in [6.07, 6.45) is 3.24. The van der Waals surface area contributed by atoms with Gasteiger partial charge in [0.05, 0.1) is 18.1 Å². The smallest absolute Gasteiger partial charge is 0.0683 e. The molecule has 0 aromatic rings. The third kappa shape index (κ3) is 5.15. The van der Waals surface area contributed by atoms with Crippen molar-refractivity contribution in [3.05, 3.63) is 0 Å². The Morgan fingerprint density at radius 3 is 2.93 bits per heavy atom. The van der Waals surface area contributed by atoms with Crippen molar-refractivity contribution in [2.75, 3.05) is 26.3 Å². The number of nitrogens with zero attached hydrogens (tertiary/aromatic N) is 1. The lowest BCUT2D eigenvalue weighted by Crippen LogP contribution is -2.24. The van der Waals surface area contributed by atoms with E-state index in [1.807, 2.05) is 13.8 Å². The Morgan fingerprint density at radius 2 is 2.33 bits per heavy atom. The van der Waals surface area contributed by atoms with E-state index in [-0.39, 0.29) is 5.41 Å². The number of hydrogen-bond acceptors (Lipinski definition) is 3. The lowest BCUT2D eigenvalue weighted by molar-refractivity contribution is 0.185. The molecule has 3 heteroatoms. The molecule has 1 saturated heterocycles. The van der Waals surface area contributed by atoms with Gasteiger partial charge in [-0.05, 0) is 45.6 Å². The third-order valence-electron chi connectivity index (χ3n) is 2.91. The zero-order chi connectivity index (χ0) is 11.1. The summed E-state index contributed by atoms with van der Waals surface area (Å²) in [5.74, 6) is 0.703. The fourth-order valence-electron chi connectivity index (χ4n) is 1.76. The number of hydrogen-bond donors (Lipinski definition) is 1. The standard InChI is InChI=1S/C12H22N2O/c1-12(2,10-13)5-3-6-14-8-11-4-7-15-9-11/h11,14H,3-9H2,1-2H3. The van der Waals surface area contributed by atoms with Gasteiger partial charge >= 0.3 is 0 Å². The lowest BCUT2D eigenvalue weighted by atomic mass is 9.90. The second-order valence-electron chi connectivity index (χ2n) is 5.03. The van der Waals surface area contributed by atoms with Crippen molar-refractivity contribution in [1.82, 2.24) is 5.32 Å². The minimum atomic E-state index is -0.169. The van der Waals surface area contributed by atoms with E-state index in [0.29, 0.717) is 5.92 Å². The summed E-state index contributed by atoms with van der Waals surface area (Å²) in [7, 11) is 0. The highest BCUT2D eigenvalue weighted by Crippen LogP contribution is 2.20. The van der Waals surface area contributed by atoms with Crippen LogP contribution in [0.25, 0.3) is 0 Å². The van der Waals surface area contributed by atoms with Crippen LogP contribution in [0.5, 0.6) is 0 Å². The van der Waals surface area contributed by atoms with E-state index in [1.54, 1.807) is 0 Å². The molecule has 0 spiro atoms. The summed E-state index contributed by atoms with van der Waals surface area (Å²) in [5.41, 5.74) is -0.169. The third-order valence-corrected chi connectivity index (χ3v) is 2.91. The summed E-state index contributed by atoms with van der Waals surface area (Å²) >= 11 is 0. The highest BCUT2D eigenvalue weighted by molar-refractivity contribution is 4.91. The highest BCUT2D eigenvalue weighted by Gasteiger charge is 2.16. The van der Waals surface area contributed by atoms with Crippen LogP contribution < -0.4 is 5.32 Å². The molecule has 0 saturated carbocycles. The van der Waals surface area contributed by atoms with Crippen LogP contribution in [0, 0.1) is 22.7 Å². The van der Waals surface area contributed by atoms with Gasteiger partial charge in [0.15, 0.2) is 0 Å². The van der Waals surface area contributed by atoms with Crippen LogP contribution in [0.4, 0.5) is 0 Å². The maximum absolute atomic E-state index is 8.84. The summed E-state index contributed by atoms with van der Waals surface area (Å²) in [4.78, 5) is 0. The van der Waals surface area contributed by atoms with Crippen LogP contribution in [-0.4, -0.2) is 26.3 Å². The van der Waals surface area contributed by atoms with Crippen LogP contribution in [0.1, 0.15) is 33.1 Å². The first-order valence-electron chi connectivity index (χ1n) is 5.84. The molecule has 0 radical (unpaired) electrons. The molecule has 15 heavy (non-hydrogen) atoms. The van der Waals surface area contributed by atoms with Gasteiger partial charge in [-0.2, -0.15) is 5.26 Å². The van der Waals surface area contributed by atoms with Crippen molar-refractivity contribution < 1.29 is 4.74 Å². The molecule has 1 fully saturated rings. The van der Waals surface area contributed by atoms with Crippen LogP contribution in [0.15, 0.2) is 0 Å². The molecule has 86 valence electrons. The van der Waals surface area contributed by atoms with Gasteiger partial charge in [0.25, 0.3) is 0 Å². The number of ether oxygens (including phenoxy) is 1. The minimum Gasteiger partial charge on any atom is -0.381 e. The molecule has 3 nitrogen and oxygen atoms in total. The molecule has 1 unspecified atom stereocenters. The fourth-order valence-corrected chi connectivity index (χ4v) is 1.76. The molecule has 0 bridgehead atoms. The van der Waals surface area contributed by atoms with Gasteiger partial charge in [-0.25, -0.2) is 0 Å². The second-order valence-corrected chi connectivity index (χ2v) is 5.03. The van der Waals surface area contributed by atoms with Crippen molar-refractivity contribution in [3.8, 4) is 6.07 Å². The topological polar surface area (TPSA) is 45.0 Å². The number of rotatable bonds is 6. The van der Waals surface area contributed by atoms with Crippen LogP contribution in [0.3, 0.4) is 0 Å². The molecule has 1 atom stereocenters. The van der Waals surface area contributed by atoms with E-state index < -0.39 is 0 Å². The van der Waals surface area contributed by atoms with E-state index in [1.165, 1.54) is 6.42 Å². The van der Waals surface area contributed by atoms with E-state index >= 15 is 0 Å². The normalized spacial score (nSPS) is 21.5. The first kappa shape index (κ1) is 12.5. The van der Waals surface area contributed by atoms with E-state index in [4.69, 9.17) is 10.00 Å². The average Bonchev–Trinajstić information content (AvgIpc) is 2.70. The van der Waals surface area contributed by atoms with Gasteiger partial charge in [-0.3, -0.25) is 0 Å². The van der Waals surface area contributed by atoms with E-state index in [2.05, 4.69) is 11.4 Å². The van der Waals surface area contributed by atoms with Crippen LogP contribution in [-0.2, 0) is 4.74 Å². The van der Waals surface area contributed by atoms with Gasteiger partial charge in [-0.1, -0.05) is 0 Å². The Balaban J connectivity index is 1.95. The summed E-state index contributed by atoms with van der Waals surface area (Å²) in [6.45, 7) is 7.91. The molecule has 1 aliphatic rings. The summed E-state index contributed by atoms with van der Waals surface area (Å²) < 4.78 is 5.30. The first-order chi connectivity index (χ1) is 7.14. The Kier molecular flexibility index (Phi) is 5.07. The van der Waals surface area contributed by atoms with Crippen molar-refractivity contribution in [2.24, 2.45) is 11.3 Å². The molecule has 1 heterocycles. The van der Waals surface area contributed by atoms with Gasteiger partial charge in [0, 0.05) is 13.2 Å². The molecule has 1 rings (SSSR count).